The van der Waals surface area contributed by atoms with Crippen molar-refractivity contribution in [1.29, 1.82) is 5.26 Å². The van der Waals surface area contributed by atoms with Gasteiger partial charge in [-0.2, -0.15) is 10.2 Å². The lowest BCUT2D eigenvalue weighted by molar-refractivity contribution is 0.0916. The van der Waals surface area contributed by atoms with Gasteiger partial charge in [0, 0.05) is 31.8 Å². The summed E-state index contributed by atoms with van der Waals surface area (Å²) in [6.45, 7) is 3.53. The standard InChI is InChI=1S/C19H19N5O4/c1-2-26-19(25)24-7-4-12(5-8-24)9-17-22-18(28-23-17)16-10-13-14(11-20)21-6-3-15(13)27-16/h3,6,10,12H,2,4-5,7-9H2,1H3. The van der Waals surface area contributed by atoms with E-state index in [1.807, 2.05) is 6.07 Å². The number of likely N-dealkylation sites (tertiary alicyclic amines) is 1. The van der Waals surface area contributed by atoms with Crippen molar-refractivity contribution in [1.82, 2.24) is 20.0 Å². The van der Waals surface area contributed by atoms with Crippen molar-refractivity contribution in [2.24, 2.45) is 5.92 Å². The van der Waals surface area contributed by atoms with Gasteiger partial charge in [-0.15, -0.1) is 0 Å². The molecule has 1 aliphatic rings. The van der Waals surface area contributed by atoms with Gasteiger partial charge in [0.25, 0.3) is 5.89 Å². The highest BCUT2D eigenvalue weighted by Gasteiger charge is 2.25. The summed E-state index contributed by atoms with van der Waals surface area (Å²) in [5.41, 5.74) is 0.841. The van der Waals surface area contributed by atoms with Gasteiger partial charge in [0.15, 0.2) is 17.3 Å². The topological polar surface area (TPSA) is 118 Å². The largest absolute Gasteiger partial charge is 0.451 e. The summed E-state index contributed by atoms with van der Waals surface area (Å²) < 4.78 is 16.1. The zero-order chi connectivity index (χ0) is 19.5. The van der Waals surface area contributed by atoms with E-state index in [-0.39, 0.29) is 12.0 Å². The Hall–Kier alpha value is -3.41. The number of carbonyl (C=O) groups excluding carboxylic acids is 1. The Balaban J connectivity index is 1.42. The maximum absolute atomic E-state index is 11.8. The maximum Gasteiger partial charge on any atom is 0.409 e. The van der Waals surface area contributed by atoms with Crippen LogP contribution in [0.3, 0.4) is 0 Å². The number of hydrogen-bond donors (Lipinski definition) is 0. The molecular weight excluding hydrogens is 362 g/mol. The van der Waals surface area contributed by atoms with Crippen LogP contribution in [0.2, 0.25) is 0 Å². The number of nitriles is 1. The number of ether oxygens (including phenoxy) is 1. The molecule has 0 radical (unpaired) electrons. The van der Waals surface area contributed by atoms with E-state index in [2.05, 4.69) is 15.1 Å². The predicted molar refractivity (Wildman–Crippen MR) is 97.0 cm³/mol. The van der Waals surface area contributed by atoms with Crippen LogP contribution in [0.4, 0.5) is 4.79 Å². The number of piperidine rings is 1. The number of nitrogens with zero attached hydrogens (tertiary/aromatic N) is 5. The van der Waals surface area contributed by atoms with Gasteiger partial charge in [-0.05, 0) is 31.7 Å². The van der Waals surface area contributed by atoms with Gasteiger partial charge in [0.05, 0.1) is 12.0 Å². The number of carbonyl (C=O) groups is 1. The molecule has 1 amide bonds. The lowest BCUT2D eigenvalue weighted by atomic mass is 9.93. The van der Waals surface area contributed by atoms with Gasteiger partial charge in [-0.1, -0.05) is 5.16 Å². The van der Waals surface area contributed by atoms with Crippen molar-refractivity contribution < 1.29 is 18.5 Å². The van der Waals surface area contributed by atoms with Crippen LogP contribution in [0.5, 0.6) is 0 Å². The van der Waals surface area contributed by atoms with Crippen molar-refractivity contribution in [3.8, 4) is 17.7 Å². The fourth-order valence-corrected chi connectivity index (χ4v) is 3.39. The van der Waals surface area contributed by atoms with E-state index < -0.39 is 0 Å². The lowest BCUT2D eigenvalue weighted by Gasteiger charge is -2.30. The molecule has 0 N–H and O–H groups in total. The van der Waals surface area contributed by atoms with Crippen molar-refractivity contribution in [3.05, 3.63) is 29.8 Å². The molecule has 0 saturated carbocycles. The van der Waals surface area contributed by atoms with Gasteiger partial charge >= 0.3 is 6.09 Å². The third-order valence-electron chi connectivity index (χ3n) is 4.84. The number of pyridine rings is 1. The Morgan fingerprint density at radius 3 is 3.00 bits per heavy atom. The first-order valence-electron chi connectivity index (χ1n) is 9.21. The van der Waals surface area contributed by atoms with Crippen LogP contribution < -0.4 is 0 Å². The van der Waals surface area contributed by atoms with Gasteiger partial charge in [0.2, 0.25) is 0 Å². The zero-order valence-electron chi connectivity index (χ0n) is 15.4. The monoisotopic (exact) mass is 381 g/mol. The Labute approximate surface area is 160 Å². The maximum atomic E-state index is 11.8. The summed E-state index contributed by atoms with van der Waals surface area (Å²) in [5.74, 6) is 1.67. The molecule has 3 aromatic heterocycles. The zero-order valence-corrected chi connectivity index (χ0v) is 15.4. The van der Waals surface area contributed by atoms with E-state index in [1.54, 1.807) is 24.0 Å². The van der Waals surface area contributed by atoms with Crippen LogP contribution >= 0.6 is 0 Å². The highest BCUT2D eigenvalue weighted by Crippen LogP contribution is 2.28. The molecule has 0 atom stereocenters. The number of fused-ring (bicyclic) bond motifs is 1. The molecule has 1 aliphatic heterocycles. The van der Waals surface area contributed by atoms with E-state index in [9.17, 15) is 4.79 Å². The molecule has 0 unspecified atom stereocenters. The highest BCUT2D eigenvalue weighted by molar-refractivity contribution is 5.85. The van der Waals surface area contributed by atoms with Crippen molar-refractivity contribution in [2.45, 2.75) is 26.2 Å². The summed E-state index contributed by atoms with van der Waals surface area (Å²) in [6.07, 6.45) is 3.68. The molecule has 9 heteroatoms. The third kappa shape index (κ3) is 3.53. The Morgan fingerprint density at radius 1 is 1.43 bits per heavy atom. The van der Waals surface area contributed by atoms with Gasteiger partial charge in [-0.25, -0.2) is 9.78 Å². The minimum absolute atomic E-state index is 0.251. The van der Waals surface area contributed by atoms with Crippen molar-refractivity contribution in [3.63, 3.8) is 0 Å². The fraction of sp³-hybridized carbons (Fsp3) is 0.421. The summed E-state index contributed by atoms with van der Waals surface area (Å²) in [7, 11) is 0. The molecule has 3 aromatic rings. The van der Waals surface area contributed by atoms with E-state index in [0.717, 1.165) is 12.8 Å². The SMILES string of the molecule is CCOC(=O)N1CCC(Cc2noc(-c3cc4c(C#N)nccc4o3)n2)CC1. The molecule has 28 heavy (non-hydrogen) atoms. The van der Waals surface area contributed by atoms with E-state index in [4.69, 9.17) is 18.9 Å². The molecular formula is C19H19N5O4. The summed E-state index contributed by atoms with van der Waals surface area (Å²) in [5, 5.41) is 13.8. The van der Waals surface area contributed by atoms with E-state index in [1.165, 1.54) is 6.20 Å². The minimum Gasteiger partial charge on any atom is -0.451 e. The van der Waals surface area contributed by atoms with Crippen LogP contribution in [0, 0.1) is 17.2 Å². The normalized spacial score (nSPS) is 14.9. The number of furan rings is 1. The molecule has 4 rings (SSSR count). The van der Waals surface area contributed by atoms with Crippen molar-refractivity contribution in [2.75, 3.05) is 19.7 Å². The van der Waals surface area contributed by atoms with Crippen LogP contribution in [0.1, 0.15) is 31.3 Å². The third-order valence-corrected chi connectivity index (χ3v) is 4.84. The summed E-state index contributed by atoms with van der Waals surface area (Å²) >= 11 is 0. The number of hydrogen-bond acceptors (Lipinski definition) is 8. The predicted octanol–water partition coefficient (Wildman–Crippen LogP) is 3.16. The smallest absolute Gasteiger partial charge is 0.409 e. The Kier molecular flexibility index (Phi) is 4.93. The second-order valence-electron chi connectivity index (χ2n) is 6.64. The second kappa shape index (κ2) is 7.68. The second-order valence-corrected chi connectivity index (χ2v) is 6.64. The Morgan fingerprint density at radius 2 is 2.25 bits per heavy atom. The lowest BCUT2D eigenvalue weighted by Crippen LogP contribution is -2.39. The first-order valence-corrected chi connectivity index (χ1v) is 9.21. The summed E-state index contributed by atoms with van der Waals surface area (Å²) in [6, 6.07) is 5.42. The molecule has 144 valence electrons. The van der Waals surface area contributed by atoms with Crippen LogP contribution in [-0.4, -0.2) is 45.8 Å². The van der Waals surface area contributed by atoms with Gasteiger partial charge in [0.1, 0.15) is 11.7 Å². The number of rotatable bonds is 4. The van der Waals surface area contributed by atoms with Crippen LogP contribution in [0.25, 0.3) is 22.6 Å². The molecule has 9 nitrogen and oxygen atoms in total. The summed E-state index contributed by atoms with van der Waals surface area (Å²) in [4.78, 5) is 22.0. The average Bonchev–Trinajstić information content (AvgIpc) is 3.35. The molecule has 4 heterocycles. The average molecular weight is 381 g/mol. The molecule has 1 saturated heterocycles. The van der Waals surface area contributed by atoms with Crippen molar-refractivity contribution >= 4 is 17.1 Å². The first kappa shape index (κ1) is 18.0. The number of amides is 1. The quantitative estimate of drug-likeness (QED) is 0.676. The minimum atomic E-state index is -0.251. The van der Waals surface area contributed by atoms with Crippen LogP contribution in [0.15, 0.2) is 27.3 Å². The fourth-order valence-electron chi connectivity index (χ4n) is 3.39. The van der Waals surface area contributed by atoms with Gasteiger partial charge in [-0.3, -0.25) is 0 Å². The molecule has 1 fully saturated rings. The highest BCUT2D eigenvalue weighted by atomic mass is 16.6. The molecule has 0 aliphatic carbocycles. The molecule has 0 bridgehead atoms. The number of aromatic nitrogens is 3. The molecule has 0 aromatic carbocycles. The molecule has 0 spiro atoms. The Bertz CT molecular complexity index is 1030. The van der Waals surface area contributed by atoms with E-state index >= 15 is 0 Å². The first-order chi connectivity index (χ1) is 13.7. The van der Waals surface area contributed by atoms with Crippen LogP contribution in [-0.2, 0) is 11.2 Å². The van der Waals surface area contributed by atoms with E-state index in [0.29, 0.717) is 60.3 Å². The van der Waals surface area contributed by atoms with Gasteiger partial charge < -0.3 is 18.6 Å².